The molecule has 5 fully saturated rings. The van der Waals surface area contributed by atoms with Crippen LogP contribution in [0.15, 0.2) is 23.8 Å². The molecule has 8 heteroatoms. The minimum Gasteiger partial charge on any atom is -0.458 e. The summed E-state index contributed by atoms with van der Waals surface area (Å²) in [5, 5.41) is 11.6. The van der Waals surface area contributed by atoms with Crippen LogP contribution < -0.4 is 0 Å². The first-order valence-electron chi connectivity index (χ1n) is 13.3. The Morgan fingerprint density at radius 3 is 2.64 bits per heavy atom. The molecule has 0 radical (unpaired) electrons. The Hall–Kier alpha value is -1.90. The predicted molar refractivity (Wildman–Crippen MR) is 125 cm³/mol. The fourth-order valence-electron chi connectivity index (χ4n) is 9.04. The number of allylic oxidation sites excluding steroid dienone is 4. The van der Waals surface area contributed by atoms with Crippen molar-refractivity contribution in [1.29, 1.82) is 0 Å². The van der Waals surface area contributed by atoms with Gasteiger partial charge in [0, 0.05) is 36.5 Å². The molecule has 7 nitrogen and oxygen atoms in total. The maximum absolute atomic E-state index is 17.4. The minimum atomic E-state index is -2.00. The molecule has 8 atom stereocenters. The molecular formula is C28H35FO7. The molecule has 0 aromatic carbocycles. The Kier molecular flexibility index (Phi) is 5.14. The highest BCUT2D eigenvalue weighted by Crippen LogP contribution is 2.73. The molecule has 1 N–H and O–H groups in total. The van der Waals surface area contributed by atoms with Gasteiger partial charge in [-0.05, 0) is 63.5 Å². The summed E-state index contributed by atoms with van der Waals surface area (Å²) in [6.07, 6.45) is 7.23. The van der Waals surface area contributed by atoms with Crippen LogP contribution in [0.3, 0.4) is 0 Å². The van der Waals surface area contributed by atoms with Crippen LogP contribution in [0.2, 0.25) is 0 Å². The topological polar surface area (TPSA) is 99.1 Å². The maximum atomic E-state index is 17.4. The summed E-state index contributed by atoms with van der Waals surface area (Å²) in [5.41, 5.74) is -4.72. The first-order valence-corrected chi connectivity index (χ1v) is 13.3. The number of esters is 1. The molecule has 1 saturated heterocycles. The number of ether oxygens (including phenoxy) is 3. The normalized spacial score (nSPS) is 48.1. The lowest BCUT2D eigenvalue weighted by Gasteiger charge is -2.62. The van der Waals surface area contributed by atoms with Crippen molar-refractivity contribution in [3.05, 3.63) is 23.8 Å². The molecule has 196 valence electrons. The van der Waals surface area contributed by atoms with Gasteiger partial charge in [0.1, 0.15) is 0 Å². The van der Waals surface area contributed by atoms with Gasteiger partial charge in [0.05, 0.1) is 12.2 Å². The van der Waals surface area contributed by atoms with E-state index in [2.05, 4.69) is 0 Å². The van der Waals surface area contributed by atoms with Crippen LogP contribution >= 0.6 is 0 Å². The number of hydrogen-bond donors (Lipinski definition) is 1. The van der Waals surface area contributed by atoms with Gasteiger partial charge in [0.2, 0.25) is 5.78 Å². The molecule has 0 amide bonds. The summed E-state index contributed by atoms with van der Waals surface area (Å²) >= 11 is 0. The van der Waals surface area contributed by atoms with E-state index in [1.165, 1.54) is 19.1 Å². The zero-order chi connectivity index (χ0) is 25.7. The Morgan fingerprint density at radius 1 is 1.22 bits per heavy atom. The van der Waals surface area contributed by atoms with E-state index < -0.39 is 58.6 Å². The Balaban J connectivity index is 1.44. The number of Topliss-reactive ketones (excluding diaryl/α,β-unsaturated/α-hetero) is 1. The zero-order valence-corrected chi connectivity index (χ0v) is 21.2. The highest BCUT2D eigenvalue weighted by molar-refractivity contribution is 6.01. The molecule has 3 unspecified atom stereocenters. The van der Waals surface area contributed by atoms with E-state index in [1.54, 1.807) is 13.0 Å². The van der Waals surface area contributed by atoms with Gasteiger partial charge in [-0.25, -0.2) is 4.39 Å². The Labute approximate surface area is 210 Å². The highest BCUT2D eigenvalue weighted by Gasteiger charge is 2.80. The van der Waals surface area contributed by atoms with Crippen molar-refractivity contribution in [2.75, 3.05) is 6.61 Å². The van der Waals surface area contributed by atoms with Crippen LogP contribution in [0, 0.1) is 22.7 Å². The largest absolute Gasteiger partial charge is 0.458 e. The number of aliphatic hydroxyl groups excluding tert-OH is 1. The lowest BCUT2D eigenvalue weighted by atomic mass is 9.44. The van der Waals surface area contributed by atoms with Crippen LogP contribution in [0.1, 0.15) is 72.1 Å². The highest BCUT2D eigenvalue weighted by atomic mass is 19.1. The maximum Gasteiger partial charge on any atom is 0.303 e. The van der Waals surface area contributed by atoms with Crippen molar-refractivity contribution in [1.82, 2.24) is 0 Å². The fraction of sp³-hybridized carbons (Fsp3) is 0.750. The van der Waals surface area contributed by atoms with Crippen molar-refractivity contribution in [2.45, 2.75) is 101 Å². The van der Waals surface area contributed by atoms with Crippen LogP contribution in [-0.4, -0.2) is 58.5 Å². The third-order valence-electron chi connectivity index (χ3n) is 10.7. The molecular weight excluding hydrogens is 467 g/mol. The zero-order valence-electron chi connectivity index (χ0n) is 21.2. The number of alkyl halides is 1. The molecule has 6 rings (SSSR count). The van der Waals surface area contributed by atoms with Gasteiger partial charge >= 0.3 is 5.97 Å². The first kappa shape index (κ1) is 24.4. The van der Waals surface area contributed by atoms with Crippen LogP contribution in [-0.2, 0) is 28.6 Å². The second-order valence-electron chi connectivity index (χ2n) is 12.3. The van der Waals surface area contributed by atoms with Gasteiger partial charge in [-0.2, -0.15) is 0 Å². The van der Waals surface area contributed by atoms with Crippen molar-refractivity contribution >= 4 is 17.5 Å². The molecule has 1 aliphatic heterocycles. The van der Waals surface area contributed by atoms with Crippen molar-refractivity contribution in [2.24, 2.45) is 22.7 Å². The number of carbonyl (C=O) groups excluding carboxylic acids is 3. The quantitative estimate of drug-likeness (QED) is 0.590. The lowest BCUT2D eigenvalue weighted by molar-refractivity contribution is -0.253. The fourth-order valence-corrected chi connectivity index (χ4v) is 9.04. The van der Waals surface area contributed by atoms with Gasteiger partial charge in [0.25, 0.3) is 0 Å². The van der Waals surface area contributed by atoms with Gasteiger partial charge in [-0.1, -0.05) is 18.6 Å². The minimum absolute atomic E-state index is 0.0110. The van der Waals surface area contributed by atoms with E-state index in [0.717, 1.165) is 12.8 Å². The molecule has 1 spiro atoms. The smallest absolute Gasteiger partial charge is 0.303 e. The molecule has 1 heterocycles. The van der Waals surface area contributed by atoms with Crippen molar-refractivity contribution in [3.63, 3.8) is 0 Å². The molecule has 0 aromatic heterocycles. The summed E-state index contributed by atoms with van der Waals surface area (Å²) in [5.74, 6) is -2.80. The van der Waals surface area contributed by atoms with Gasteiger partial charge in [0.15, 0.2) is 29.4 Å². The number of ketones is 2. The third-order valence-corrected chi connectivity index (χ3v) is 10.7. The molecule has 6 aliphatic rings. The van der Waals surface area contributed by atoms with E-state index in [0.29, 0.717) is 37.7 Å². The number of fused-ring (bicyclic) bond motifs is 7. The van der Waals surface area contributed by atoms with E-state index >= 15 is 4.39 Å². The number of rotatable bonds is 3. The summed E-state index contributed by atoms with van der Waals surface area (Å²) in [6, 6.07) is 0. The molecule has 0 bridgehead atoms. The second-order valence-corrected chi connectivity index (χ2v) is 12.3. The average molecular weight is 503 g/mol. The standard InChI is InChI=1S/C28H35FO7/c1-16(30)34-15-22(33)28-23(35-26(36-28)9-4-5-10-26)13-20-19-7-6-17-12-18(31)8-11-24(17,2)27(19,29)21(32)14-25(20,28)3/h8,11-12,19-21,23,32H,4-7,9-10,13-15H2,1-3H3/t19?,20-,21-,23+,24?,25?,27-,28+/m0/s1. The Morgan fingerprint density at radius 2 is 1.94 bits per heavy atom. The Bertz CT molecular complexity index is 1090. The molecule has 0 aromatic rings. The van der Waals surface area contributed by atoms with Gasteiger partial charge in [-0.15, -0.1) is 0 Å². The molecule has 4 saturated carbocycles. The van der Waals surface area contributed by atoms with Crippen molar-refractivity contribution < 1.29 is 38.1 Å². The predicted octanol–water partition coefficient (Wildman–Crippen LogP) is 3.52. The lowest BCUT2D eigenvalue weighted by Crippen LogP contribution is -2.70. The van der Waals surface area contributed by atoms with E-state index in [-0.39, 0.29) is 23.9 Å². The monoisotopic (exact) mass is 502 g/mol. The second kappa shape index (κ2) is 7.58. The van der Waals surface area contributed by atoms with Crippen molar-refractivity contribution in [3.8, 4) is 0 Å². The summed E-state index contributed by atoms with van der Waals surface area (Å²) in [4.78, 5) is 37.5. The number of carbonyl (C=O) groups is 3. The van der Waals surface area contributed by atoms with Crippen LogP contribution in [0.5, 0.6) is 0 Å². The summed E-state index contributed by atoms with van der Waals surface area (Å²) in [7, 11) is 0. The molecule has 36 heavy (non-hydrogen) atoms. The average Bonchev–Trinajstić information content (AvgIpc) is 3.47. The van der Waals surface area contributed by atoms with Crippen LogP contribution in [0.4, 0.5) is 4.39 Å². The SMILES string of the molecule is CC(=O)OCC(=O)[C@@]12OC3(CCCC3)O[C@@H]1C[C@H]1C3CCC4=CC(=O)C=CC4(C)[C@@]3(F)[C@@H](O)CC12C. The number of aliphatic hydroxyl groups is 1. The van der Waals surface area contributed by atoms with E-state index in [1.807, 2.05) is 6.92 Å². The van der Waals surface area contributed by atoms with Gasteiger partial charge < -0.3 is 19.3 Å². The third kappa shape index (κ3) is 2.81. The van der Waals surface area contributed by atoms with Gasteiger partial charge in [-0.3, -0.25) is 14.4 Å². The summed E-state index contributed by atoms with van der Waals surface area (Å²) in [6.45, 7) is 4.52. The first-order chi connectivity index (χ1) is 16.9. The van der Waals surface area contributed by atoms with Crippen LogP contribution in [0.25, 0.3) is 0 Å². The molecule has 5 aliphatic carbocycles. The number of halogens is 1. The van der Waals surface area contributed by atoms with E-state index in [9.17, 15) is 19.5 Å². The summed E-state index contributed by atoms with van der Waals surface area (Å²) < 4.78 is 35.8. The number of hydrogen-bond acceptors (Lipinski definition) is 7. The van der Waals surface area contributed by atoms with E-state index in [4.69, 9.17) is 14.2 Å².